The summed E-state index contributed by atoms with van der Waals surface area (Å²) in [7, 11) is 3.55. The fraction of sp³-hybridized carbons (Fsp3) is 0.938. The number of rotatable bonds is 12. The smallest absolute Gasteiger partial charge is 0.190 e. The Morgan fingerprint density at radius 3 is 2.38 bits per heavy atom. The quantitative estimate of drug-likeness (QED) is 0.330. The van der Waals surface area contributed by atoms with E-state index in [0.29, 0.717) is 12.0 Å². The van der Waals surface area contributed by atoms with Gasteiger partial charge in [0.1, 0.15) is 0 Å². The number of unbranched alkanes of at least 4 members (excludes halogenated alkanes) is 2. The summed E-state index contributed by atoms with van der Waals surface area (Å²) in [5.41, 5.74) is 0. The molecule has 0 saturated heterocycles. The topological polar surface area (TPSA) is 54.9 Å². The Morgan fingerprint density at radius 2 is 1.81 bits per heavy atom. The first-order chi connectivity index (χ1) is 10.2. The summed E-state index contributed by atoms with van der Waals surface area (Å²) in [5, 5.41) is 6.69. The minimum Gasteiger partial charge on any atom is -0.385 e. The van der Waals surface area contributed by atoms with E-state index in [1.54, 1.807) is 7.11 Å². The van der Waals surface area contributed by atoms with E-state index < -0.39 is 0 Å². The maximum Gasteiger partial charge on any atom is 0.190 e. The van der Waals surface area contributed by atoms with Crippen LogP contribution in [-0.4, -0.2) is 52.5 Å². The van der Waals surface area contributed by atoms with Crippen LogP contribution in [0, 0.1) is 5.92 Å². The zero-order valence-corrected chi connectivity index (χ0v) is 14.6. The van der Waals surface area contributed by atoms with Crippen LogP contribution >= 0.6 is 0 Å². The molecule has 5 heteroatoms. The molecule has 0 spiro atoms. The number of hydrogen-bond acceptors (Lipinski definition) is 3. The highest BCUT2D eigenvalue weighted by Gasteiger charge is 2.12. The predicted molar refractivity (Wildman–Crippen MR) is 90.0 cm³/mol. The van der Waals surface area contributed by atoms with Crippen molar-refractivity contribution in [1.82, 2.24) is 10.6 Å². The number of nitrogens with zero attached hydrogens (tertiary/aromatic N) is 1. The number of hydrogen-bond donors (Lipinski definition) is 2. The molecule has 126 valence electrons. The molecule has 1 atom stereocenters. The summed E-state index contributed by atoms with van der Waals surface area (Å²) >= 11 is 0. The summed E-state index contributed by atoms with van der Waals surface area (Å²) < 4.78 is 10.8. The van der Waals surface area contributed by atoms with Crippen LogP contribution in [0.25, 0.3) is 0 Å². The Hall–Kier alpha value is -0.810. The van der Waals surface area contributed by atoms with Crippen molar-refractivity contribution in [2.75, 3.05) is 40.5 Å². The third-order valence-corrected chi connectivity index (χ3v) is 3.39. The van der Waals surface area contributed by atoms with Gasteiger partial charge in [0.25, 0.3) is 0 Å². The first kappa shape index (κ1) is 20.2. The Bertz CT molecular complexity index is 258. The van der Waals surface area contributed by atoms with E-state index in [2.05, 4.69) is 29.5 Å². The number of aliphatic imine (C=N–C) groups is 1. The molecule has 0 fully saturated rings. The van der Waals surface area contributed by atoms with Gasteiger partial charge in [0, 0.05) is 40.5 Å². The summed E-state index contributed by atoms with van der Waals surface area (Å²) in [6.45, 7) is 9.90. The van der Waals surface area contributed by atoms with Crippen LogP contribution in [0.15, 0.2) is 4.99 Å². The van der Waals surface area contributed by atoms with E-state index in [4.69, 9.17) is 9.47 Å². The van der Waals surface area contributed by atoms with E-state index in [9.17, 15) is 0 Å². The molecule has 1 unspecified atom stereocenters. The van der Waals surface area contributed by atoms with Crippen molar-refractivity contribution in [1.29, 1.82) is 0 Å². The average Bonchev–Trinajstić information content (AvgIpc) is 2.47. The Kier molecular flexibility index (Phi) is 13.6. The van der Waals surface area contributed by atoms with Gasteiger partial charge >= 0.3 is 0 Å². The molecule has 0 radical (unpaired) electrons. The van der Waals surface area contributed by atoms with Gasteiger partial charge in [0.15, 0.2) is 5.96 Å². The first-order valence-corrected chi connectivity index (χ1v) is 8.20. The largest absolute Gasteiger partial charge is 0.385 e. The van der Waals surface area contributed by atoms with Crippen molar-refractivity contribution in [3.8, 4) is 0 Å². The molecule has 0 bridgehead atoms. The van der Waals surface area contributed by atoms with E-state index in [0.717, 1.165) is 51.5 Å². The second kappa shape index (κ2) is 14.1. The molecule has 0 heterocycles. The Labute approximate surface area is 130 Å². The van der Waals surface area contributed by atoms with Crippen LogP contribution in [0.2, 0.25) is 0 Å². The van der Waals surface area contributed by atoms with Crippen molar-refractivity contribution in [3.05, 3.63) is 0 Å². The highest BCUT2D eigenvalue weighted by molar-refractivity contribution is 5.79. The van der Waals surface area contributed by atoms with E-state index >= 15 is 0 Å². The Balaban J connectivity index is 3.74. The van der Waals surface area contributed by atoms with E-state index in [1.807, 2.05) is 14.0 Å². The zero-order chi connectivity index (χ0) is 15.9. The summed E-state index contributed by atoms with van der Waals surface area (Å²) in [5.74, 6) is 1.42. The fourth-order valence-electron chi connectivity index (χ4n) is 2.13. The minimum absolute atomic E-state index is 0.314. The summed E-state index contributed by atoms with van der Waals surface area (Å²) in [6, 6.07) is 0. The zero-order valence-electron chi connectivity index (χ0n) is 14.6. The normalized spacial score (nSPS) is 13.5. The molecule has 0 aromatic heterocycles. The van der Waals surface area contributed by atoms with Gasteiger partial charge in [-0.15, -0.1) is 0 Å². The number of guanidine groups is 1. The van der Waals surface area contributed by atoms with E-state index in [-0.39, 0.29) is 0 Å². The number of methoxy groups -OCH3 is 1. The molecule has 0 aliphatic carbocycles. The lowest BCUT2D eigenvalue weighted by Crippen LogP contribution is -2.39. The highest BCUT2D eigenvalue weighted by atomic mass is 16.5. The average molecular weight is 301 g/mol. The van der Waals surface area contributed by atoms with Gasteiger partial charge in [-0.2, -0.15) is 0 Å². The van der Waals surface area contributed by atoms with Crippen LogP contribution in [0.3, 0.4) is 0 Å². The molecule has 0 aromatic carbocycles. The second-order valence-corrected chi connectivity index (χ2v) is 5.51. The molecule has 0 aliphatic rings. The standard InChI is InChI=1S/C16H35N3O2/c1-6-21-15(14(2)3)10-12-19-16(17-4)18-11-8-7-9-13-20-5/h14-15H,6-13H2,1-5H3,(H2,17,18,19). The van der Waals surface area contributed by atoms with Crippen molar-refractivity contribution in [2.24, 2.45) is 10.9 Å². The Morgan fingerprint density at radius 1 is 1.10 bits per heavy atom. The lowest BCUT2D eigenvalue weighted by atomic mass is 10.0. The molecule has 0 rings (SSSR count). The van der Waals surface area contributed by atoms with Crippen molar-refractivity contribution in [3.63, 3.8) is 0 Å². The molecular formula is C16H35N3O2. The van der Waals surface area contributed by atoms with Gasteiger partial charge in [0.05, 0.1) is 6.10 Å². The fourth-order valence-corrected chi connectivity index (χ4v) is 2.13. The van der Waals surface area contributed by atoms with E-state index in [1.165, 1.54) is 6.42 Å². The van der Waals surface area contributed by atoms with Crippen LogP contribution in [0.5, 0.6) is 0 Å². The maximum absolute atomic E-state index is 5.74. The summed E-state index contributed by atoms with van der Waals surface area (Å²) in [4.78, 5) is 4.24. The van der Waals surface area contributed by atoms with Gasteiger partial charge in [0.2, 0.25) is 0 Å². The van der Waals surface area contributed by atoms with Crippen molar-refractivity contribution >= 4 is 5.96 Å². The van der Waals surface area contributed by atoms with Crippen LogP contribution in [-0.2, 0) is 9.47 Å². The molecule has 0 amide bonds. The lowest BCUT2D eigenvalue weighted by Gasteiger charge is -2.21. The SMILES string of the molecule is CCOC(CCNC(=NC)NCCCCCOC)C(C)C. The maximum atomic E-state index is 5.74. The predicted octanol–water partition coefficient (Wildman–Crippen LogP) is 2.42. The van der Waals surface area contributed by atoms with Gasteiger partial charge in [-0.3, -0.25) is 4.99 Å². The third kappa shape index (κ3) is 11.5. The second-order valence-electron chi connectivity index (χ2n) is 5.51. The molecular weight excluding hydrogens is 266 g/mol. The van der Waals surface area contributed by atoms with Crippen LogP contribution < -0.4 is 10.6 Å². The molecule has 2 N–H and O–H groups in total. The van der Waals surface area contributed by atoms with Gasteiger partial charge in [-0.1, -0.05) is 13.8 Å². The third-order valence-electron chi connectivity index (χ3n) is 3.39. The van der Waals surface area contributed by atoms with Crippen LogP contribution in [0.1, 0.15) is 46.5 Å². The number of nitrogens with one attached hydrogen (secondary N) is 2. The number of ether oxygens (including phenoxy) is 2. The molecule has 0 aromatic rings. The van der Waals surface area contributed by atoms with Gasteiger partial charge in [-0.05, 0) is 38.5 Å². The monoisotopic (exact) mass is 301 g/mol. The minimum atomic E-state index is 0.314. The molecule has 0 saturated carbocycles. The molecule has 5 nitrogen and oxygen atoms in total. The molecule has 21 heavy (non-hydrogen) atoms. The van der Waals surface area contributed by atoms with Crippen molar-refractivity contribution < 1.29 is 9.47 Å². The van der Waals surface area contributed by atoms with Gasteiger partial charge < -0.3 is 20.1 Å². The van der Waals surface area contributed by atoms with Gasteiger partial charge in [-0.25, -0.2) is 0 Å². The van der Waals surface area contributed by atoms with Crippen LogP contribution in [0.4, 0.5) is 0 Å². The first-order valence-electron chi connectivity index (χ1n) is 8.20. The summed E-state index contributed by atoms with van der Waals surface area (Å²) in [6.07, 6.45) is 4.75. The lowest BCUT2D eigenvalue weighted by molar-refractivity contribution is 0.0258. The highest BCUT2D eigenvalue weighted by Crippen LogP contribution is 2.09. The molecule has 0 aliphatic heterocycles. The van der Waals surface area contributed by atoms with Crippen molar-refractivity contribution in [2.45, 2.75) is 52.6 Å².